The molecule has 1 aliphatic heterocycles. The van der Waals surface area contributed by atoms with Gasteiger partial charge in [0.15, 0.2) is 6.61 Å². The average Bonchev–Trinajstić information content (AvgIpc) is 3.52. The van der Waals surface area contributed by atoms with Crippen LogP contribution in [0.5, 0.6) is 0 Å². The van der Waals surface area contributed by atoms with Gasteiger partial charge in [-0.2, -0.15) is 0 Å². The maximum atomic E-state index is 12.9. The van der Waals surface area contributed by atoms with Gasteiger partial charge >= 0.3 is 5.97 Å². The van der Waals surface area contributed by atoms with Gasteiger partial charge in [0.2, 0.25) is 11.8 Å². The van der Waals surface area contributed by atoms with E-state index in [0.29, 0.717) is 11.4 Å². The van der Waals surface area contributed by atoms with Gasteiger partial charge in [-0.05, 0) is 72.7 Å². The molecule has 0 radical (unpaired) electrons. The van der Waals surface area contributed by atoms with E-state index >= 15 is 0 Å². The number of anilines is 2. The first-order valence-corrected chi connectivity index (χ1v) is 12.1. The first kappa shape index (κ1) is 22.5. The lowest BCUT2D eigenvalue weighted by Gasteiger charge is -2.17. The monoisotopic (exact) mass is 522 g/mol. The molecule has 8 heteroatoms. The molecule has 0 aromatic heterocycles. The highest BCUT2D eigenvalue weighted by Gasteiger charge is 2.59. The van der Waals surface area contributed by atoms with Gasteiger partial charge in [-0.3, -0.25) is 19.3 Å². The molecule has 2 fully saturated rings. The highest BCUT2D eigenvalue weighted by molar-refractivity contribution is 9.10. The molecule has 34 heavy (non-hydrogen) atoms. The van der Waals surface area contributed by atoms with E-state index in [1.54, 1.807) is 18.2 Å². The standard InChI is InChI=1S/C26H23BrN2O5/c1-2-14-12-18(27)7-10-20(14)28-21(30)13-34-26(33)15-5-8-19(9-6-15)29-24(31)22-16-3-4-17(11-16)23(22)25(29)32/h3-10,12,16-17,22-23H,2,11,13H2,1H3,(H,28,30)/t16-,17-,22+,23+/m0/s1. The van der Waals surface area contributed by atoms with Crippen molar-refractivity contribution in [1.29, 1.82) is 0 Å². The first-order valence-electron chi connectivity index (χ1n) is 11.3. The van der Waals surface area contributed by atoms with Crippen molar-refractivity contribution in [2.45, 2.75) is 19.8 Å². The van der Waals surface area contributed by atoms with Gasteiger partial charge in [-0.1, -0.05) is 35.0 Å². The predicted molar refractivity (Wildman–Crippen MR) is 129 cm³/mol. The zero-order valence-electron chi connectivity index (χ0n) is 18.5. The Morgan fingerprint density at radius 3 is 2.29 bits per heavy atom. The van der Waals surface area contributed by atoms with Gasteiger partial charge < -0.3 is 10.1 Å². The summed E-state index contributed by atoms with van der Waals surface area (Å²) < 4.78 is 6.07. The molecular weight excluding hydrogens is 500 g/mol. The van der Waals surface area contributed by atoms with Crippen LogP contribution in [0.1, 0.15) is 29.3 Å². The van der Waals surface area contributed by atoms with Gasteiger partial charge in [0.05, 0.1) is 23.1 Å². The Bertz CT molecular complexity index is 1190. The van der Waals surface area contributed by atoms with Crippen molar-refractivity contribution in [1.82, 2.24) is 0 Å². The number of benzene rings is 2. The molecule has 0 spiro atoms. The van der Waals surface area contributed by atoms with Crippen LogP contribution in [0.3, 0.4) is 0 Å². The van der Waals surface area contributed by atoms with Crippen LogP contribution >= 0.6 is 15.9 Å². The lowest BCUT2D eigenvalue weighted by atomic mass is 9.85. The van der Waals surface area contributed by atoms with Gasteiger partial charge in [0, 0.05) is 10.2 Å². The number of hydrogen-bond acceptors (Lipinski definition) is 5. The van der Waals surface area contributed by atoms with Crippen LogP contribution in [0, 0.1) is 23.7 Å². The van der Waals surface area contributed by atoms with Crippen LogP contribution in [0.15, 0.2) is 59.1 Å². The van der Waals surface area contributed by atoms with E-state index < -0.39 is 18.5 Å². The predicted octanol–water partition coefficient (Wildman–Crippen LogP) is 4.12. The molecule has 2 aliphatic carbocycles. The molecular formula is C26H23BrN2O5. The number of rotatable bonds is 6. The van der Waals surface area contributed by atoms with Gasteiger partial charge in [-0.15, -0.1) is 0 Å². The smallest absolute Gasteiger partial charge is 0.338 e. The third-order valence-electron chi connectivity index (χ3n) is 6.89. The van der Waals surface area contributed by atoms with E-state index in [1.807, 2.05) is 19.1 Å². The minimum absolute atomic E-state index is 0.141. The van der Waals surface area contributed by atoms with Gasteiger partial charge in [0.1, 0.15) is 0 Å². The Balaban J connectivity index is 1.20. The van der Waals surface area contributed by atoms with Crippen LogP contribution in [-0.4, -0.2) is 30.3 Å². The molecule has 3 aliphatic rings. The molecule has 2 bridgehead atoms. The SMILES string of the molecule is CCc1cc(Br)ccc1NC(=O)COC(=O)c1ccc(N2C(=O)[C@H]3[C@H](C2=O)[C@H]2C=C[C@H]3C2)cc1. The Labute approximate surface area is 205 Å². The molecule has 174 valence electrons. The molecule has 7 nitrogen and oxygen atoms in total. The summed E-state index contributed by atoms with van der Waals surface area (Å²) in [5, 5.41) is 2.76. The third kappa shape index (κ3) is 3.86. The van der Waals surface area contributed by atoms with Crippen LogP contribution in [0.4, 0.5) is 11.4 Å². The minimum Gasteiger partial charge on any atom is -0.452 e. The topological polar surface area (TPSA) is 92.8 Å². The minimum atomic E-state index is -0.661. The van der Waals surface area contributed by atoms with Crippen molar-refractivity contribution in [3.8, 4) is 0 Å². The van der Waals surface area contributed by atoms with E-state index in [9.17, 15) is 19.2 Å². The summed E-state index contributed by atoms with van der Waals surface area (Å²) in [5.41, 5.74) is 2.31. The fourth-order valence-corrected chi connectivity index (χ4v) is 5.69. The zero-order valence-corrected chi connectivity index (χ0v) is 20.1. The number of esters is 1. The van der Waals surface area contributed by atoms with E-state index in [2.05, 4.69) is 33.4 Å². The number of carbonyl (C=O) groups excluding carboxylic acids is 4. The summed E-state index contributed by atoms with van der Waals surface area (Å²) in [6.45, 7) is 1.56. The summed E-state index contributed by atoms with van der Waals surface area (Å²) in [4.78, 5) is 51.8. The van der Waals surface area contributed by atoms with Gasteiger partial charge in [-0.25, -0.2) is 4.79 Å². The molecule has 5 rings (SSSR count). The van der Waals surface area contributed by atoms with Crippen molar-refractivity contribution in [2.75, 3.05) is 16.8 Å². The first-order chi connectivity index (χ1) is 16.4. The lowest BCUT2D eigenvalue weighted by Crippen LogP contribution is -2.32. The molecule has 4 atom stereocenters. The number of nitrogens with zero attached hydrogens (tertiary/aromatic N) is 1. The summed E-state index contributed by atoms with van der Waals surface area (Å²) in [6.07, 6.45) is 5.72. The van der Waals surface area contributed by atoms with Crippen molar-refractivity contribution in [3.63, 3.8) is 0 Å². The van der Waals surface area contributed by atoms with E-state index in [4.69, 9.17) is 4.74 Å². The van der Waals surface area contributed by atoms with Crippen molar-refractivity contribution < 1.29 is 23.9 Å². The lowest BCUT2D eigenvalue weighted by molar-refractivity contribution is -0.123. The average molecular weight is 523 g/mol. The molecule has 1 saturated heterocycles. The van der Waals surface area contributed by atoms with Crippen molar-refractivity contribution >= 4 is 51.0 Å². The van der Waals surface area contributed by atoms with Crippen LogP contribution in [0.2, 0.25) is 0 Å². The fourth-order valence-electron chi connectivity index (χ4n) is 5.28. The van der Waals surface area contributed by atoms with Crippen molar-refractivity contribution in [3.05, 3.63) is 70.2 Å². The second-order valence-corrected chi connectivity index (χ2v) is 9.75. The van der Waals surface area contributed by atoms with Gasteiger partial charge in [0.25, 0.3) is 5.91 Å². The number of ether oxygens (including phenoxy) is 1. The number of amides is 3. The highest BCUT2D eigenvalue weighted by atomic mass is 79.9. The number of fused-ring (bicyclic) bond motifs is 5. The largest absolute Gasteiger partial charge is 0.452 e. The molecule has 2 aromatic carbocycles. The third-order valence-corrected chi connectivity index (χ3v) is 7.38. The normalized spacial score (nSPS) is 24.5. The second kappa shape index (κ2) is 8.83. The number of aryl methyl sites for hydroxylation is 1. The summed E-state index contributed by atoms with van der Waals surface area (Å²) in [7, 11) is 0. The number of halogens is 1. The number of nitrogens with one attached hydrogen (secondary N) is 1. The fraction of sp³-hybridized carbons (Fsp3) is 0.308. The van der Waals surface area contributed by atoms with E-state index in [-0.39, 0.29) is 41.0 Å². The van der Waals surface area contributed by atoms with Crippen LogP contribution in [0.25, 0.3) is 0 Å². The Morgan fingerprint density at radius 2 is 1.68 bits per heavy atom. The highest BCUT2D eigenvalue weighted by Crippen LogP contribution is 2.53. The summed E-state index contributed by atoms with van der Waals surface area (Å²) in [5.74, 6) is -1.70. The Morgan fingerprint density at radius 1 is 1.03 bits per heavy atom. The van der Waals surface area contributed by atoms with E-state index in [1.165, 1.54) is 17.0 Å². The molecule has 0 unspecified atom stereocenters. The molecule has 1 N–H and O–H groups in total. The molecule has 1 heterocycles. The van der Waals surface area contributed by atoms with Crippen LogP contribution < -0.4 is 10.2 Å². The maximum Gasteiger partial charge on any atom is 0.338 e. The Hall–Kier alpha value is -3.26. The zero-order chi connectivity index (χ0) is 24.0. The Kier molecular flexibility index (Phi) is 5.85. The number of imide groups is 1. The van der Waals surface area contributed by atoms with Crippen molar-refractivity contribution in [2.24, 2.45) is 23.7 Å². The maximum absolute atomic E-state index is 12.9. The number of hydrogen-bond donors (Lipinski definition) is 1. The molecule has 2 aromatic rings. The van der Waals surface area contributed by atoms with E-state index in [0.717, 1.165) is 22.9 Å². The summed E-state index contributed by atoms with van der Waals surface area (Å²) >= 11 is 3.41. The summed E-state index contributed by atoms with van der Waals surface area (Å²) in [6, 6.07) is 11.7. The number of allylic oxidation sites excluding steroid dienone is 2. The number of carbonyl (C=O) groups is 4. The molecule has 1 saturated carbocycles. The molecule has 3 amide bonds. The van der Waals surface area contributed by atoms with Crippen LogP contribution in [-0.2, 0) is 25.5 Å². The quantitative estimate of drug-likeness (QED) is 0.350. The second-order valence-electron chi connectivity index (χ2n) is 8.84.